The van der Waals surface area contributed by atoms with Crippen molar-refractivity contribution in [1.82, 2.24) is 4.98 Å². The predicted octanol–water partition coefficient (Wildman–Crippen LogP) is 2.30. The Morgan fingerprint density at radius 1 is 1.59 bits per heavy atom. The van der Waals surface area contributed by atoms with Gasteiger partial charge >= 0.3 is 5.97 Å². The van der Waals surface area contributed by atoms with Gasteiger partial charge in [-0.15, -0.1) is 0 Å². The largest absolute Gasteiger partial charge is 0.458 e. The second-order valence-corrected chi connectivity index (χ2v) is 4.79. The van der Waals surface area contributed by atoms with Gasteiger partial charge in [0, 0.05) is 6.20 Å². The van der Waals surface area contributed by atoms with Crippen molar-refractivity contribution in [2.45, 2.75) is 26.2 Å². The average molecular weight is 234 g/mol. The predicted molar refractivity (Wildman–Crippen MR) is 67.8 cm³/mol. The van der Waals surface area contributed by atoms with Gasteiger partial charge in [-0.3, -0.25) is 0 Å². The summed E-state index contributed by atoms with van der Waals surface area (Å²) in [5.41, 5.74) is 6.83. The summed E-state index contributed by atoms with van der Waals surface area (Å²) in [6, 6.07) is 1.73. The molecule has 0 fully saturated rings. The van der Waals surface area contributed by atoms with E-state index in [1.807, 2.05) is 20.8 Å². The van der Waals surface area contributed by atoms with Crippen molar-refractivity contribution >= 4 is 11.8 Å². The normalized spacial score (nSPS) is 11.0. The molecule has 2 N–H and O–H groups in total. The van der Waals surface area contributed by atoms with E-state index in [0.29, 0.717) is 5.56 Å². The maximum Gasteiger partial charge on any atom is 0.342 e. The van der Waals surface area contributed by atoms with Crippen LogP contribution in [0.2, 0.25) is 0 Å². The van der Waals surface area contributed by atoms with Crippen LogP contribution in [0.4, 0.5) is 5.82 Å². The molecule has 1 heterocycles. The molecular formula is C13H18N2O2. The van der Waals surface area contributed by atoms with E-state index in [4.69, 9.17) is 10.5 Å². The van der Waals surface area contributed by atoms with Crippen LogP contribution in [0.15, 0.2) is 24.9 Å². The lowest BCUT2D eigenvalue weighted by atomic mass is 9.87. The van der Waals surface area contributed by atoms with E-state index < -0.39 is 5.97 Å². The zero-order chi connectivity index (χ0) is 13.1. The monoisotopic (exact) mass is 234 g/mol. The van der Waals surface area contributed by atoms with Gasteiger partial charge in [0.25, 0.3) is 0 Å². The standard InChI is InChI=1S/C13H18N2O2/c1-5-6-17-12(16)10-7-9(13(2,3)4)8-15-11(10)14/h5,7-8H,1,6H2,2-4H3,(H2,14,15). The summed E-state index contributed by atoms with van der Waals surface area (Å²) in [4.78, 5) is 15.7. The number of esters is 1. The first kappa shape index (κ1) is 13.2. The highest BCUT2D eigenvalue weighted by molar-refractivity contribution is 5.94. The minimum absolute atomic E-state index is 0.0891. The Hall–Kier alpha value is -1.84. The second kappa shape index (κ2) is 4.99. The highest BCUT2D eigenvalue weighted by Crippen LogP contribution is 2.24. The van der Waals surface area contributed by atoms with Crippen LogP contribution in [0, 0.1) is 0 Å². The number of anilines is 1. The van der Waals surface area contributed by atoms with Crippen molar-refractivity contribution in [2.24, 2.45) is 0 Å². The number of aromatic nitrogens is 1. The molecule has 1 rings (SSSR count). The molecule has 0 atom stereocenters. The Morgan fingerprint density at radius 3 is 2.76 bits per heavy atom. The number of nitrogens with two attached hydrogens (primary N) is 1. The number of carbonyl (C=O) groups excluding carboxylic acids is 1. The highest BCUT2D eigenvalue weighted by atomic mass is 16.5. The van der Waals surface area contributed by atoms with E-state index in [1.165, 1.54) is 6.08 Å². The summed E-state index contributed by atoms with van der Waals surface area (Å²) in [5.74, 6) is -0.284. The fourth-order valence-corrected chi connectivity index (χ4v) is 1.26. The van der Waals surface area contributed by atoms with Crippen molar-refractivity contribution in [3.63, 3.8) is 0 Å². The summed E-state index contributed by atoms with van der Waals surface area (Å²) in [6.07, 6.45) is 3.19. The van der Waals surface area contributed by atoms with Crippen LogP contribution in [0.25, 0.3) is 0 Å². The number of nitrogen functional groups attached to an aromatic ring is 1. The highest BCUT2D eigenvalue weighted by Gasteiger charge is 2.19. The molecule has 0 aliphatic carbocycles. The number of hydrogen-bond acceptors (Lipinski definition) is 4. The molecule has 0 saturated carbocycles. The van der Waals surface area contributed by atoms with Crippen LogP contribution in [-0.4, -0.2) is 17.6 Å². The Kier molecular flexibility index (Phi) is 3.89. The van der Waals surface area contributed by atoms with Crippen molar-refractivity contribution < 1.29 is 9.53 Å². The Morgan fingerprint density at radius 2 is 2.24 bits per heavy atom. The molecular weight excluding hydrogens is 216 g/mol. The van der Waals surface area contributed by atoms with Crippen LogP contribution in [0.5, 0.6) is 0 Å². The lowest BCUT2D eigenvalue weighted by Crippen LogP contribution is -2.16. The maximum atomic E-state index is 11.7. The van der Waals surface area contributed by atoms with Crippen LogP contribution in [0.1, 0.15) is 36.7 Å². The van der Waals surface area contributed by atoms with E-state index in [0.717, 1.165) is 5.56 Å². The number of carbonyl (C=O) groups is 1. The number of pyridine rings is 1. The molecule has 17 heavy (non-hydrogen) atoms. The summed E-state index contributed by atoms with van der Waals surface area (Å²) in [6.45, 7) is 9.77. The van der Waals surface area contributed by atoms with Crippen LogP contribution in [0.3, 0.4) is 0 Å². The summed E-state index contributed by atoms with van der Waals surface area (Å²) >= 11 is 0. The van der Waals surface area contributed by atoms with Crippen molar-refractivity contribution in [3.05, 3.63) is 36.0 Å². The van der Waals surface area contributed by atoms with Gasteiger partial charge in [-0.1, -0.05) is 33.4 Å². The van der Waals surface area contributed by atoms with Gasteiger partial charge in [-0.25, -0.2) is 9.78 Å². The molecule has 0 aromatic carbocycles. The average Bonchev–Trinajstić information content (AvgIpc) is 2.24. The van der Waals surface area contributed by atoms with Gasteiger partial charge in [0.05, 0.1) is 0 Å². The van der Waals surface area contributed by atoms with Crippen molar-refractivity contribution in [2.75, 3.05) is 12.3 Å². The quantitative estimate of drug-likeness (QED) is 0.643. The van der Waals surface area contributed by atoms with E-state index in [1.54, 1.807) is 12.3 Å². The summed E-state index contributed by atoms with van der Waals surface area (Å²) < 4.78 is 4.95. The van der Waals surface area contributed by atoms with Crippen LogP contribution >= 0.6 is 0 Å². The minimum atomic E-state index is -0.471. The lowest BCUT2D eigenvalue weighted by molar-refractivity contribution is 0.0550. The Balaban J connectivity index is 3.06. The summed E-state index contributed by atoms with van der Waals surface area (Å²) in [5, 5.41) is 0. The first-order chi connectivity index (χ1) is 7.86. The molecule has 0 spiro atoms. The van der Waals surface area contributed by atoms with E-state index in [9.17, 15) is 4.79 Å². The molecule has 0 bridgehead atoms. The van der Waals surface area contributed by atoms with E-state index in [2.05, 4.69) is 11.6 Å². The minimum Gasteiger partial charge on any atom is -0.458 e. The molecule has 92 valence electrons. The molecule has 4 heteroatoms. The lowest BCUT2D eigenvalue weighted by Gasteiger charge is -2.19. The fraction of sp³-hybridized carbons (Fsp3) is 0.385. The number of nitrogens with zero attached hydrogens (tertiary/aromatic N) is 1. The first-order valence-corrected chi connectivity index (χ1v) is 5.40. The molecule has 0 unspecified atom stereocenters. The van der Waals surface area contributed by atoms with Gasteiger partial charge in [0.15, 0.2) is 0 Å². The Labute approximate surface area is 101 Å². The van der Waals surface area contributed by atoms with Crippen LogP contribution < -0.4 is 5.73 Å². The van der Waals surface area contributed by atoms with E-state index >= 15 is 0 Å². The molecule has 0 aliphatic rings. The number of hydrogen-bond donors (Lipinski definition) is 1. The molecule has 0 amide bonds. The second-order valence-electron chi connectivity index (χ2n) is 4.79. The third-order valence-electron chi connectivity index (χ3n) is 2.34. The number of rotatable bonds is 3. The van der Waals surface area contributed by atoms with Gasteiger partial charge in [0.2, 0.25) is 0 Å². The zero-order valence-electron chi connectivity index (χ0n) is 10.5. The first-order valence-electron chi connectivity index (χ1n) is 5.40. The smallest absolute Gasteiger partial charge is 0.342 e. The molecule has 4 nitrogen and oxygen atoms in total. The molecule has 0 radical (unpaired) electrons. The van der Waals surface area contributed by atoms with Gasteiger partial charge in [0.1, 0.15) is 18.0 Å². The fourth-order valence-electron chi connectivity index (χ4n) is 1.26. The van der Waals surface area contributed by atoms with Gasteiger partial charge < -0.3 is 10.5 Å². The Bertz CT molecular complexity index is 434. The van der Waals surface area contributed by atoms with Gasteiger partial charge in [-0.2, -0.15) is 0 Å². The molecule has 1 aromatic rings. The van der Waals surface area contributed by atoms with Crippen molar-refractivity contribution in [3.8, 4) is 0 Å². The van der Waals surface area contributed by atoms with Crippen molar-refractivity contribution in [1.29, 1.82) is 0 Å². The zero-order valence-corrected chi connectivity index (χ0v) is 10.5. The molecule has 1 aromatic heterocycles. The maximum absolute atomic E-state index is 11.7. The number of ether oxygens (including phenoxy) is 1. The third-order valence-corrected chi connectivity index (χ3v) is 2.34. The molecule has 0 saturated heterocycles. The third kappa shape index (κ3) is 3.31. The van der Waals surface area contributed by atoms with E-state index in [-0.39, 0.29) is 17.8 Å². The van der Waals surface area contributed by atoms with Crippen LogP contribution in [-0.2, 0) is 10.2 Å². The topological polar surface area (TPSA) is 65.2 Å². The molecule has 0 aliphatic heterocycles. The summed E-state index contributed by atoms with van der Waals surface area (Å²) in [7, 11) is 0. The SMILES string of the molecule is C=CCOC(=O)c1cc(C(C)(C)C)cnc1N. The van der Waals surface area contributed by atoms with Gasteiger partial charge in [-0.05, 0) is 17.0 Å².